The van der Waals surface area contributed by atoms with Crippen LogP contribution in [0.2, 0.25) is 0 Å². The second-order valence-electron chi connectivity index (χ2n) is 5.76. The molecular weight excluding hydrogens is 312 g/mol. The molecule has 0 aliphatic rings. The quantitative estimate of drug-likeness (QED) is 0.485. The summed E-state index contributed by atoms with van der Waals surface area (Å²) in [5.41, 5.74) is 4.11. The zero-order valence-electron chi connectivity index (χ0n) is 14.3. The van der Waals surface area contributed by atoms with E-state index >= 15 is 0 Å². The van der Waals surface area contributed by atoms with Gasteiger partial charge in [0.25, 0.3) is 0 Å². The number of methoxy groups -OCH3 is 2. The van der Waals surface area contributed by atoms with Gasteiger partial charge in [-0.1, -0.05) is 48.5 Å². The molecule has 0 spiro atoms. The minimum Gasteiger partial charge on any atom is -0.497 e. The molecule has 0 bridgehead atoms. The van der Waals surface area contributed by atoms with Crippen LogP contribution in [0.15, 0.2) is 72.8 Å². The molecule has 0 radical (unpaired) electrons. The number of rotatable bonds is 6. The van der Waals surface area contributed by atoms with Gasteiger partial charge < -0.3 is 9.47 Å². The Morgan fingerprint density at radius 2 is 1.00 bits per heavy atom. The molecule has 0 saturated heterocycles. The van der Waals surface area contributed by atoms with Crippen LogP contribution in [0.25, 0.3) is 0 Å². The maximum atomic E-state index is 10.9. The first kappa shape index (κ1) is 16.8. The zero-order valence-corrected chi connectivity index (χ0v) is 14.3. The topological polar surface area (TPSA) is 35.5 Å². The molecule has 0 amide bonds. The maximum absolute atomic E-state index is 10.9. The second-order valence-corrected chi connectivity index (χ2v) is 5.76. The molecule has 0 atom stereocenters. The molecule has 3 nitrogen and oxygen atoms in total. The Morgan fingerprint density at radius 3 is 1.32 bits per heavy atom. The van der Waals surface area contributed by atoms with Gasteiger partial charge in [0.15, 0.2) is 0 Å². The van der Waals surface area contributed by atoms with E-state index in [2.05, 4.69) is 24.3 Å². The summed E-state index contributed by atoms with van der Waals surface area (Å²) in [4.78, 5) is 10.9. The van der Waals surface area contributed by atoms with E-state index in [0.717, 1.165) is 34.5 Å². The minimum absolute atomic E-state index is 0.0671. The van der Waals surface area contributed by atoms with Gasteiger partial charge in [-0.2, -0.15) is 0 Å². The van der Waals surface area contributed by atoms with Crippen LogP contribution < -0.4 is 9.47 Å². The van der Waals surface area contributed by atoms with E-state index in [0.29, 0.717) is 5.56 Å². The summed E-state index contributed by atoms with van der Waals surface area (Å²) in [5, 5.41) is 0. The number of carbonyl (C=O) groups is 1. The van der Waals surface area contributed by atoms with Crippen molar-refractivity contribution >= 4 is 6.29 Å². The molecular formula is C22H20O3. The van der Waals surface area contributed by atoms with E-state index in [1.165, 1.54) is 0 Å². The summed E-state index contributed by atoms with van der Waals surface area (Å²) < 4.78 is 10.5. The summed E-state index contributed by atoms with van der Waals surface area (Å²) in [6, 6.07) is 23.8. The molecule has 0 aromatic heterocycles. The number of hydrogen-bond acceptors (Lipinski definition) is 3. The molecule has 0 heterocycles. The van der Waals surface area contributed by atoms with Crippen LogP contribution in [0.1, 0.15) is 33.0 Å². The van der Waals surface area contributed by atoms with Gasteiger partial charge in [-0.05, 0) is 41.0 Å². The van der Waals surface area contributed by atoms with Crippen LogP contribution >= 0.6 is 0 Å². The molecule has 0 unspecified atom stereocenters. The highest BCUT2D eigenvalue weighted by Crippen LogP contribution is 2.33. The van der Waals surface area contributed by atoms with Crippen molar-refractivity contribution in [3.63, 3.8) is 0 Å². The molecule has 3 heteroatoms. The first-order chi connectivity index (χ1) is 12.2. The lowest BCUT2D eigenvalue weighted by atomic mass is 9.85. The van der Waals surface area contributed by atoms with E-state index in [-0.39, 0.29) is 5.92 Å². The summed E-state index contributed by atoms with van der Waals surface area (Å²) >= 11 is 0. The normalized spacial score (nSPS) is 10.5. The van der Waals surface area contributed by atoms with Gasteiger partial charge in [0.2, 0.25) is 0 Å². The van der Waals surface area contributed by atoms with Crippen LogP contribution in [0.5, 0.6) is 11.5 Å². The monoisotopic (exact) mass is 332 g/mol. The van der Waals surface area contributed by atoms with Crippen LogP contribution in [0, 0.1) is 0 Å². The Kier molecular flexibility index (Phi) is 5.14. The van der Waals surface area contributed by atoms with Crippen molar-refractivity contribution in [3.05, 3.63) is 95.1 Å². The van der Waals surface area contributed by atoms with Gasteiger partial charge in [0.1, 0.15) is 17.8 Å². The third-order valence-electron chi connectivity index (χ3n) is 4.30. The predicted molar refractivity (Wildman–Crippen MR) is 98.8 cm³/mol. The number of hydrogen-bond donors (Lipinski definition) is 0. The van der Waals surface area contributed by atoms with E-state index in [9.17, 15) is 4.79 Å². The Morgan fingerprint density at radius 1 is 0.640 bits per heavy atom. The average Bonchev–Trinajstić information content (AvgIpc) is 2.70. The lowest BCUT2D eigenvalue weighted by Gasteiger charge is -2.19. The molecule has 0 aliphatic heterocycles. The summed E-state index contributed by atoms with van der Waals surface area (Å²) in [6.07, 6.45) is 0.861. The first-order valence-electron chi connectivity index (χ1n) is 8.08. The van der Waals surface area contributed by atoms with Crippen molar-refractivity contribution in [2.75, 3.05) is 14.2 Å². The molecule has 0 saturated carbocycles. The molecule has 0 fully saturated rings. The fourth-order valence-corrected chi connectivity index (χ4v) is 2.94. The number of aldehydes is 1. The number of ether oxygens (including phenoxy) is 2. The van der Waals surface area contributed by atoms with Gasteiger partial charge >= 0.3 is 0 Å². The lowest BCUT2D eigenvalue weighted by Crippen LogP contribution is -2.04. The summed E-state index contributed by atoms with van der Waals surface area (Å²) in [7, 11) is 3.32. The molecule has 3 aromatic carbocycles. The lowest BCUT2D eigenvalue weighted by molar-refractivity contribution is 0.112. The van der Waals surface area contributed by atoms with Gasteiger partial charge in [-0.15, -0.1) is 0 Å². The third kappa shape index (κ3) is 3.72. The van der Waals surface area contributed by atoms with Crippen LogP contribution in [-0.2, 0) is 0 Å². The molecule has 126 valence electrons. The minimum atomic E-state index is 0.0671. The summed E-state index contributed by atoms with van der Waals surface area (Å²) in [5.74, 6) is 1.72. The largest absolute Gasteiger partial charge is 0.497 e. The standard InChI is InChI=1S/C22H20O3/c1-24-20-11-7-18(8-12-20)22(17-5-3-16(15-23)4-6-17)19-9-13-21(25-2)14-10-19/h3-15,22H,1-2H3. The highest BCUT2D eigenvalue weighted by molar-refractivity contribution is 5.74. The van der Waals surface area contributed by atoms with Gasteiger partial charge in [0.05, 0.1) is 14.2 Å². The Bertz CT molecular complexity index is 771. The molecule has 25 heavy (non-hydrogen) atoms. The van der Waals surface area contributed by atoms with E-state index in [1.807, 2.05) is 48.5 Å². The number of carbonyl (C=O) groups excluding carboxylic acids is 1. The van der Waals surface area contributed by atoms with Crippen molar-refractivity contribution in [2.24, 2.45) is 0 Å². The van der Waals surface area contributed by atoms with Crippen molar-refractivity contribution < 1.29 is 14.3 Å². The molecule has 0 N–H and O–H groups in total. The molecule has 3 rings (SSSR count). The highest BCUT2D eigenvalue weighted by atomic mass is 16.5. The van der Waals surface area contributed by atoms with E-state index in [4.69, 9.17) is 9.47 Å². The van der Waals surface area contributed by atoms with Crippen LogP contribution in [0.3, 0.4) is 0 Å². The molecule has 3 aromatic rings. The third-order valence-corrected chi connectivity index (χ3v) is 4.30. The summed E-state index contributed by atoms with van der Waals surface area (Å²) in [6.45, 7) is 0. The van der Waals surface area contributed by atoms with Crippen molar-refractivity contribution in [1.82, 2.24) is 0 Å². The highest BCUT2D eigenvalue weighted by Gasteiger charge is 2.17. The van der Waals surface area contributed by atoms with Crippen molar-refractivity contribution in [3.8, 4) is 11.5 Å². The van der Waals surface area contributed by atoms with Crippen molar-refractivity contribution in [2.45, 2.75) is 5.92 Å². The zero-order chi connectivity index (χ0) is 17.6. The van der Waals surface area contributed by atoms with Gasteiger partial charge in [-0.25, -0.2) is 0 Å². The van der Waals surface area contributed by atoms with E-state index in [1.54, 1.807) is 14.2 Å². The number of benzene rings is 3. The van der Waals surface area contributed by atoms with Gasteiger partial charge in [-0.3, -0.25) is 4.79 Å². The Hall–Kier alpha value is -3.07. The van der Waals surface area contributed by atoms with Gasteiger partial charge in [0, 0.05) is 11.5 Å². The fraction of sp³-hybridized carbons (Fsp3) is 0.136. The smallest absolute Gasteiger partial charge is 0.150 e. The van der Waals surface area contributed by atoms with Crippen LogP contribution in [-0.4, -0.2) is 20.5 Å². The average molecular weight is 332 g/mol. The van der Waals surface area contributed by atoms with Crippen LogP contribution in [0.4, 0.5) is 0 Å². The predicted octanol–water partition coefficient (Wildman–Crippen LogP) is 4.70. The molecule has 0 aliphatic carbocycles. The fourth-order valence-electron chi connectivity index (χ4n) is 2.94. The van der Waals surface area contributed by atoms with E-state index < -0.39 is 0 Å². The first-order valence-corrected chi connectivity index (χ1v) is 8.08. The second kappa shape index (κ2) is 7.67. The Balaban J connectivity index is 2.06. The van der Waals surface area contributed by atoms with Crippen molar-refractivity contribution in [1.29, 1.82) is 0 Å². The maximum Gasteiger partial charge on any atom is 0.150 e. The SMILES string of the molecule is COc1ccc(C(c2ccc(C=O)cc2)c2ccc(OC)cc2)cc1. The Labute approximate surface area is 147 Å².